The lowest BCUT2D eigenvalue weighted by atomic mass is 10.1. The number of aromatic nitrogens is 3. The number of thioether (sulfide) groups is 1. The second-order valence-corrected chi connectivity index (χ2v) is 11.5. The molecule has 0 bridgehead atoms. The first-order chi connectivity index (χ1) is 22.6. The van der Waals surface area contributed by atoms with Gasteiger partial charge in [-0.05, 0) is 67.2 Å². The number of hydrogen-bond acceptors (Lipinski definition) is 8. The van der Waals surface area contributed by atoms with Crippen LogP contribution in [0.3, 0.4) is 0 Å². The fraction of sp³-hybridized carbons (Fsp3) is 0.207. The molecule has 1 aromatic heterocycles. The lowest BCUT2D eigenvalue weighted by Crippen LogP contribution is -2.32. The summed E-state index contributed by atoms with van der Waals surface area (Å²) in [6.07, 6.45) is -8.53. The van der Waals surface area contributed by atoms with E-state index in [2.05, 4.69) is 25.3 Å². The van der Waals surface area contributed by atoms with Gasteiger partial charge >= 0.3 is 12.5 Å². The summed E-state index contributed by atoms with van der Waals surface area (Å²) in [5.41, 5.74) is 4.36. The summed E-state index contributed by atoms with van der Waals surface area (Å²) in [6.45, 7) is 0.157. The molecule has 1 saturated heterocycles. The molecule has 1 atom stereocenters. The second-order valence-electron chi connectivity index (χ2n) is 9.77. The van der Waals surface area contributed by atoms with Crippen LogP contribution in [-0.2, 0) is 9.63 Å². The summed E-state index contributed by atoms with van der Waals surface area (Å²) < 4.78 is 85.8. The fourth-order valence-corrected chi connectivity index (χ4v) is 5.39. The molecule has 4 aromatic rings. The van der Waals surface area contributed by atoms with Crippen molar-refractivity contribution in [2.75, 3.05) is 17.3 Å². The Morgan fingerprint density at radius 3 is 2.46 bits per heavy atom. The maximum atomic E-state index is 12.8. The minimum absolute atomic E-state index is 0.0227. The Labute approximate surface area is 282 Å². The molecular formula is C29H21ClF6N6O4S2. The lowest BCUT2D eigenvalue weighted by Gasteiger charge is -2.21. The first kappa shape index (κ1) is 34.9. The van der Waals surface area contributed by atoms with Gasteiger partial charge in [0.25, 0.3) is 0 Å². The predicted octanol–water partition coefficient (Wildman–Crippen LogP) is 7.43. The van der Waals surface area contributed by atoms with Crippen LogP contribution in [0.1, 0.15) is 18.6 Å². The summed E-state index contributed by atoms with van der Waals surface area (Å²) in [5.74, 6) is -0.737. The van der Waals surface area contributed by atoms with Crippen molar-refractivity contribution >= 4 is 57.5 Å². The number of hydroxylamine groups is 1. The van der Waals surface area contributed by atoms with Crippen molar-refractivity contribution in [3.63, 3.8) is 0 Å². The number of amidine groups is 1. The highest BCUT2D eigenvalue weighted by Crippen LogP contribution is 2.37. The molecule has 1 unspecified atom stereocenters. The molecule has 5 rings (SSSR count). The summed E-state index contributed by atoms with van der Waals surface area (Å²) in [7, 11) is 0. The average molecular weight is 731 g/mol. The van der Waals surface area contributed by atoms with Crippen LogP contribution in [0.25, 0.3) is 17.1 Å². The summed E-state index contributed by atoms with van der Waals surface area (Å²) in [5, 5.41) is 4.46. The van der Waals surface area contributed by atoms with E-state index in [1.165, 1.54) is 53.5 Å². The first-order valence-electron chi connectivity index (χ1n) is 13.5. The van der Waals surface area contributed by atoms with Crippen molar-refractivity contribution in [3.05, 3.63) is 83.6 Å². The predicted molar refractivity (Wildman–Crippen MR) is 169 cm³/mol. The third-order valence-corrected chi connectivity index (χ3v) is 7.64. The number of amides is 1. The molecule has 19 heteroatoms. The number of aliphatic imine (C=N–C) groups is 1. The van der Waals surface area contributed by atoms with E-state index < -0.39 is 31.2 Å². The minimum Gasteiger partial charge on any atom is -0.482 e. The Hall–Kier alpha value is -4.39. The van der Waals surface area contributed by atoms with Gasteiger partial charge in [0.15, 0.2) is 17.6 Å². The van der Waals surface area contributed by atoms with E-state index in [9.17, 15) is 31.1 Å². The van der Waals surface area contributed by atoms with Crippen LogP contribution in [0.15, 0.2) is 78.0 Å². The Balaban J connectivity index is 1.20. The first-order valence-corrected chi connectivity index (χ1v) is 15.3. The molecule has 10 nitrogen and oxygen atoms in total. The van der Waals surface area contributed by atoms with Gasteiger partial charge in [-0.2, -0.15) is 18.2 Å². The molecular weight excluding hydrogens is 710 g/mol. The molecule has 3 aromatic carbocycles. The maximum absolute atomic E-state index is 12.8. The number of anilines is 1. The Morgan fingerprint density at radius 1 is 1.08 bits per heavy atom. The van der Waals surface area contributed by atoms with Gasteiger partial charge in [0.1, 0.15) is 23.9 Å². The smallest absolute Gasteiger partial charge is 0.482 e. The monoisotopic (exact) mass is 730 g/mol. The zero-order valence-corrected chi connectivity index (χ0v) is 26.6. The van der Waals surface area contributed by atoms with E-state index in [4.69, 9.17) is 33.4 Å². The van der Waals surface area contributed by atoms with Crippen LogP contribution < -0.4 is 19.9 Å². The second kappa shape index (κ2) is 14.4. The van der Waals surface area contributed by atoms with E-state index in [1.807, 2.05) is 0 Å². The zero-order valence-electron chi connectivity index (χ0n) is 24.3. The molecule has 0 saturated carbocycles. The Morgan fingerprint density at radius 2 is 1.79 bits per heavy atom. The number of alkyl halides is 6. The number of carbonyl (C=O) groups is 1. The van der Waals surface area contributed by atoms with Crippen molar-refractivity contribution in [2.24, 2.45) is 4.99 Å². The van der Waals surface area contributed by atoms with Gasteiger partial charge in [0.05, 0.1) is 17.1 Å². The van der Waals surface area contributed by atoms with E-state index >= 15 is 0 Å². The van der Waals surface area contributed by atoms with Crippen molar-refractivity contribution < 1.29 is 45.4 Å². The van der Waals surface area contributed by atoms with E-state index in [-0.39, 0.29) is 38.2 Å². The third-order valence-electron chi connectivity index (χ3n) is 6.30. The number of rotatable bonds is 9. The summed E-state index contributed by atoms with van der Waals surface area (Å²) in [4.78, 5) is 27.9. The van der Waals surface area contributed by atoms with Crippen molar-refractivity contribution in [1.82, 2.24) is 20.2 Å². The number of halogens is 7. The normalized spacial score (nSPS) is 15.1. The van der Waals surface area contributed by atoms with Crippen molar-refractivity contribution in [3.8, 4) is 28.6 Å². The number of thiocarbonyl (C=S) groups is 1. The molecule has 1 amide bonds. The van der Waals surface area contributed by atoms with E-state index in [0.717, 1.165) is 22.2 Å². The standard InChI is InChI=1S/C29H21ClF6N6O4S2/c1-16(17-2-4-18(5-3-17)25-37-15-41(39-25)20-7-9-21(10-8-20)45-29(34,35)36)46-40-26(47)38-27-42(24(43)13-48-27)22-12-19(30)6-11-23(22)44-14-28(31,32)33/h2-12,15-16H,13-14H2,1H3,(H,40,47)/b38-27-. The van der Waals surface area contributed by atoms with Crippen LogP contribution in [0.4, 0.5) is 32.0 Å². The summed E-state index contributed by atoms with van der Waals surface area (Å²) >= 11 is 12.3. The van der Waals surface area contributed by atoms with Crippen LogP contribution >= 0.6 is 35.6 Å². The highest BCUT2D eigenvalue weighted by atomic mass is 35.5. The fourth-order valence-electron chi connectivity index (χ4n) is 4.17. The molecule has 0 aliphatic carbocycles. The molecule has 2 heterocycles. The van der Waals surface area contributed by atoms with Gasteiger partial charge in [0.2, 0.25) is 11.0 Å². The van der Waals surface area contributed by atoms with Gasteiger partial charge in [-0.3, -0.25) is 14.5 Å². The Bertz CT molecular complexity index is 1820. The third kappa shape index (κ3) is 9.15. The molecule has 0 radical (unpaired) electrons. The highest BCUT2D eigenvalue weighted by Gasteiger charge is 2.34. The van der Waals surface area contributed by atoms with Gasteiger partial charge in [-0.25, -0.2) is 15.1 Å². The van der Waals surface area contributed by atoms with Crippen molar-refractivity contribution in [2.45, 2.75) is 25.6 Å². The molecule has 1 aliphatic rings. The maximum Gasteiger partial charge on any atom is 0.573 e. The number of ether oxygens (including phenoxy) is 2. The number of nitrogens with one attached hydrogen (secondary N) is 1. The Kier molecular flexibility index (Phi) is 10.5. The van der Waals surface area contributed by atoms with Crippen molar-refractivity contribution in [1.29, 1.82) is 0 Å². The molecule has 0 spiro atoms. The van der Waals surface area contributed by atoms with Crippen LogP contribution in [0.5, 0.6) is 11.5 Å². The van der Waals surface area contributed by atoms with Crippen LogP contribution in [-0.4, -0.2) is 55.9 Å². The average Bonchev–Trinajstić information content (AvgIpc) is 3.65. The SMILES string of the molecule is CC(ONC(=S)/N=C1\SCC(=O)N1c1cc(Cl)ccc1OCC(F)(F)F)c1ccc(-c2ncn(-c3ccc(OC(F)(F)F)cc3)n2)cc1. The lowest BCUT2D eigenvalue weighted by molar-refractivity contribution is -0.274. The van der Waals surface area contributed by atoms with Gasteiger partial charge in [-0.1, -0.05) is 47.6 Å². The van der Waals surface area contributed by atoms with E-state index in [1.54, 1.807) is 31.2 Å². The molecule has 1 aliphatic heterocycles. The number of carbonyl (C=O) groups excluding carboxylic acids is 1. The van der Waals surface area contributed by atoms with Gasteiger partial charge in [-0.15, -0.1) is 18.3 Å². The summed E-state index contributed by atoms with van der Waals surface area (Å²) in [6, 6.07) is 16.0. The van der Waals surface area contributed by atoms with Gasteiger partial charge in [0, 0.05) is 10.6 Å². The molecule has 48 heavy (non-hydrogen) atoms. The largest absolute Gasteiger partial charge is 0.573 e. The molecule has 1 N–H and O–H groups in total. The molecule has 1 fully saturated rings. The zero-order chi connectivity index (χ0) is 34.6. The van der Waals surface area contributed by atoms with E-state index in [0.29, 0.717) is 17.1 Å². The quantitative estimate of drug-likeness (QED) is 0.107. The topological polar surface area (TPSA) is 103 Å². The van der Waals surface area contributed by atoms with Crippen LogP contribution in [0, 0.1) is 0 Å². The minimum atomic E-state index is -4.79. The number of nitrogens with zero attached hydrogens (tertiary/aromatic N) is 5. The highest BCUT2D eigenvalue weighted by molar-refractivity contribution is 8.15. The number of hydrogen-bond donors (Lipinski definition) is 1. The van der Waals surface area contributed by atoms with Crippen LogP contribution in [0.2, 0.25) is 5.02 Å². The van der Waals surface area contributed by atoms with Gasteiger partial charge < -0.3 is 9.47 Å². The molecule has 252 valence electrons. The number of benzene rings is 3.